The van der Waals surface area contributed by atoms with E-state index in [1.54, 1.807) is 54.6 Å². The molecule has 0 aliphatic carbocycles. The number of benzene rings is 3. The molecule has 0 saturated heterocycles. The van der Waals surface area contributed by atoms with Gasteiger partial charge < -0.3 is 21.7 Å². The quantitative estimate of drug-likeness (QED) is 0.217. The molecule has 11 heteroatoms. The highest BCUT2D eigenvalue weighted by molar-refractivity contribution is 6.40. The van der Waals surface area contributed by atoms with Gasteiger partial charge in [0.15, 0.2) is 0 Å². The van der Waals surface area contributed by atoms with E-state index < -0.39 is 11.8 Å². The van der Waals surface area contributed by atoms with E-state index >= 15 is 0 Å². The van der Waals surface area contributed by atoms with E-state index in [2.05, 4.69) is 26.1 Å². The normalized spacial score (nSPS) is 10.5. The number of nitrogen functional groups attached to an aromatic ring is 1. The van der Waals surface area contributed by atoms with Crippen molar-refractivity contribution in [3.63, 3.8) is 0 Å². The third-order valence-electron chi connectivity index (χ3n) is 5.12. The SMILES string of the molecule is Nc1ccccc1NC(=O)Cc1ccc(NC(=O)c2[nH]ncc2NC(=O)c2c(Cl)cccc2Cl)cc1. The lowest BCUT2D eigenvalue weighted by Crippen LogP contribution is -2.18. The van der Waals surface area contributed by atoms with Crippen LogP contribution < -0.4 is 21.7 Å². The Labute approximate surface area is 216 Å². The number of hydrogen-bond acceptors (Lipinski definition) is 5. The fourth-order valence-electron chi connectivity index (χ4n) is 3.34. The number of carbonyl (C=O) groups excluding carboxylic acids is 3. The van der Waals surface area contributed by atoms with Crippen molar-refractivity contribution < 1.29 is 14.4 Å². The molecule has 4 aromatic rings. The zero-order valence-corrected chi connectivity index (χ0v) is 20.2. The number of aromatic amines is 1. The maximum Gasteiger partial charge on any atom is 0.275 e. The van der Waals surface area contributed by atoms with Gasteiger partial charge in [-0.15, -0.1) is 0 Å². The van der Waals surface area contributed by atoms with Gasteiger partial charge in [-0.3, -0.25) is 19.5 Å². The van der Waals surface area contributed by atoms with Crippen LogP contribution in [-0.2, 0) is 11.2 Å². The molecule has 1 heterocycles. The number of nitrogens with zero attached hydrogens (tertiary/aromatic N) is 1. The number of aromatic nitrogens is 2. The van der Waals surface area contributed by atoms with E-state index in [-0.39, 0.29) is 39.3 Å². The van der Waals surface area contributed by atoms with E-state index in [0.717, 1.165) is 5.56 Å². The highest BCUT2D eigenvalue weighted by Crippen LogP contribution is 2.26. The van der Waals surface area contributed by atoms with Gasteiger partial charge in [0.05, 0.1) is 45.3 Å². The minimum Gasteiger partial charge on any atom is -0.397 e. The molecule has 0 spiro atoms. The van der Waals surface area contributed by atoms with Crippen LogP contribution >= 0.6 is 23.2 Å². The van der Waals surface area contributed by atoms with Crippen molar-refractivity contribution in [1.29, 1.82) is 0 Å². The molecule has 3 amide bonds. The summed E-state index contributed by atoms with van der Waals surface area (Å²) in [7, 11) is 0. The zero-order valence-electron chi connectivity index (χ0n) is 18.6. The summed E-state index contributed by atoms with van der Waals surface area (Å²) in [4.78, 5) is 37.8. The van der Waals surface area contributed by atoms with Gasteiger partial charge in [-0.2, -0.15) is 5.10 Å². The first-order valence-corrected chi connectivity index (χ1v) is 11.4. The Morgan fingerprint density at radius 1 is 0.806 bits per heavy atom. The number of nitrogens with one attached hydrogen (secondary N) is 4. The summed E-state index contributed by atoms with van der Waals surface area (Å²) in [5, 5.41) is 14.8. The Kier molecular flexibility index (Phi) is 7.53. The first-order chi connectivity index (χ1) is 17.3. The number of halogens is 2. The predicted octanol–water partition coefficient (Wildman–Crippen LogP) is 4.98. The molecule has 0 saturated carbocycles. The monoisotopic (exact) mass is 522 g/mol. The smallest absolute Gasteiger partial charge is 0.275 e. The number of hydrogen-bond donors (Lipinski definition) is 5. The molecule has 0 atom stereocenters. The molecular weight excluding hydrogens is 503 g/mol. The lowest BCUT2D eigenvalue weighted by Gasteiger charge is -2.10. The van der Waals surface area contributed by atoms with Gasteiger partial charge in [-0.05, 0) is 42.0 Å². The minimum absolute atomic E-state index is 0.0374. The standard InChI is InChI=1S/C25H20Cl2N6O3/c26-16-4-3-5-17(27)22(16)24(35)32-20-13-29-33-23(20)25(36)30-15-10-8-14(9-11-15)12-21(34)31-19-7-2-1-6-18(19)28/h1-11,13H,12,28H2,(H,29,33)(H,30,36)(H,31,34)(H,32,35). The van der Waals surface area contributed by atoms with Gasteiger partial charge in [0.2, 0.25) is 5.91 Å². The van der Waals surface area contributed by atoms with Crippen LogP contribution in [0.1, 0.15) is 26.4 Å². The average Bonchev–Trinajstić information content (AvgIpc) is 3.30. The molecule has 0 fully saturated rings. The molecule has 0 bridgehead atoms. The molecule has 0 aliphatic rings. The number of amides is 3. The van der Waals surface area contributed by atoms with E-state index in [4.69, 9.17) is 28.9 Å². The summed E-state index contributed by atoms with van der Waals surface area (Å²) in [5.41, 5.74) is 8.38. The van der Waals surface area contributed by atoms with Gasteiger partial charge in [-0.25, -0.2) is 0 Å². The van der Waals surface area contributed by atoms with Crippen molar-refractivity contribution in [2.75, 3.05) is 21.7 Å². The van der Waals surface area contributed by atoms with Crippen LogP contribution in [-0.4, -0.2) is 27.9 Å². The van der Waals surface area contributed by atoms with Crippen LogP contribution in [0, 0.1) is 0 Å². The molecule has 0 radical (unpaired) electrons. The minimum atomic E-state index is -0.582. The molecule has 36 heavy (non-hydrogen) atoms. The summed E-state index contributed by atoms with van der Waals surface area (Å²) in [6.45, 7) is 0. The molecule has 6 N–H and O–H groups in total. The van der Waals surface area contributed by atoms with Crippen molar-refractivity contribution in [2.45, 2.75) is 6.42 Å². The molecule has 3 aromatic carbocycles. The number of para-hydroxylation sites is 2. The van der Waals surface area contributed by atoms with E-state index in [1.165, 1.54) is 18.3 Å². The van der Waals surface area contributed by atoms with Crippen LogP contribution in [0.25, 0.3) is 0 Å². The van der Waals surface area contributed by atoms with Crippen molar-refractivity contribution in [3.8, 4) is 0 Å². The van der Waals surface area contributed by atoms with Crippen molar-refractivity contribution in [1.82, 2.24) is 10.2 Å². The van der Waals surface area contributed by atoms with Crippen molar-refractivity contribution in [3.05, 3.63) is 99.8 Å². The van der Waals surface area contributed by atoms with Crippen LogP contribution in [0.3, 0.4) is 0 Å². The second kappa shape index (κ2) is 10.9. The largest absolute Gasteiger partial charge is 0.397 e. The number of H-pyrrole nitrogens is 1. The molecule has 0 unspecified atom stereocenters. The first kappa shape index (κ1) is 24.8. The number of anilines is 4. The summed E-state index contributed by atoms with van der Waals surface area (Å²) in [5.74, 6) is -1.33. The van der Waals surface area contributed by atoms with Gasteiger partial charge in [0, 0.05) is 5.69 Å². The summed E-state index contributed by atoms with van der Waals surface area (Å²) >= 11 is 12.2. The Balaban J connectivity index is 1.38. The summed E-state index contributed by atoms with van der Waals surface area (Å²) in [6, 6.07) is 18.5. The highest BCUT2D eigenvalue weighted by atomic mass is 35.5. The maximum absolute atomic E-state index is 12.8. The second-order valence-corrected chi connectivity index (χ2v) is 8.49. The number of nitrogens with two attached hydrogens (primary N) is 1. The zero-order chi connectivity index (χ0) is 25.7. The molecule has 4 rings (SSSR count). The van der Waals surface area contributed by atoms with Crippen LogP contribution in [0.2, 0.25) is 10.0 Å². The van der Waals surface area contributed by atoms with E-state index in [1.807, 2.05) is 0 Å². The van der Waals surface area contributed by atoms with Crippen molar-refractivity contribution >= 4 is 63.7 Å². The third-order valence-corrected chi connectivity index (χ3v) is 5.75. The summed E-state index contributed by atoms with van der Waals surface area (Å²) in [6.07, 6.45) is 1.43. The predicted molar refractivity (Wildman–Crippen MR) is 141 cm³/mol. The fourth-order valence-corrected chi connectivity index (χ4v) is 3.91. The Hall–Kier alpha value is -4.34. The fraction of sp³-hybridized carbons (Fsp3) is 0.0400. The molecule has 182 valence electrons. The summed E-state index contributed by atoms with van der Waals surface area (Å²) < 4.78 is 0. The first-order valence-electron chi connectivity index (χ1n) is 10.6. The highest BCUT2D eigenvalue weighted by Gasteiger charge is 2.20. The third kappa shape index (κ3) is 5.83. The number of rotatable bonds is 7. The molecule has 1 aromatic heterocycles. The lowest BCUT2D eigenvalue weighted by atomic mass is 10.1. The molecule has 0 aliphatic heterocycles. The maximum atomic E-state index is 12.8. The van der Waals surface area contributed by atoms with Crippen LogP contribution in [0.5, 0.6) is 0 Å². The van der Waals surface area contributed by atoms with Gasteiger partial charge in [-0.1, -0.05) is 53.5 Å². The number of carbonyl (C=O) groups is 3. The average molecular weight is 523 g/mol. The van der Waals surface area contributed by atoms with E-state index in [9.17, 15) is 14.4 Å². The van der Waals surface area contributed by atoms with Gasteiger partial charge in [0.25, 0.3) is 11.8 Å². The Morgan fingerprint density at radius 3 is 2.19 bits per heavy atom. The second-order valence-electron chi connectivity index (χ2n) is 7.67. The topological polar surface area (TPSA) is 142 Å². The lowest BCUT2D eigenvalue weighted by molar-refractivity contribution is -0.115. The molecule has 9 nitrogen and oxygen atoms in total. The van der Waals surface area contributed by atoms with Crippen LogP contribution in [0.15, 0.2) is 72.9 Å². The van der Waals surface area contributed by atoms with Crippen LogP contribution in [0.4, 0.5) is 22.7 Å². The van der Waals surface area contributed by atoms with Gasteiger partial charge in [0.1, 0.15) is 5.69 Å². The van der Waals surface area contributed by atoms with Gasteiger partial charge >= 0.3 is 0 Å². The Morgan fingerprint density at radius 2 is 1.50 bits per heavy atom. The molecular formula is C25H20Cl2N6O3. The Bertz CT molecular complexity index is 1420. The van der Waals surface area contributed by atoms with Crippen molar-refractivity contribution in [2.24, 2.45) is 0 Å². The van der Waals surface area contributed by atoms with E-state index in [0.29, 0.717) is 17.1 Å².